The van der Waals surface area contributed by atoms with E-state index in [1.807, 2.05) is 17.5 Å². The molecule has 4 rings (SSSR count). The van der Waals surface area contributed by atoms with Crippen LogP contribution in [0.5, 0.6) is 0 Å². The molecule has 3 heterocycles. The second kappa shape index (κ2) is 7.50. The summed E-state index contributed by atoms with van der Waals surface area (Å²) < 4.78 is 60.0. The van der Waals surface area contributed by atoms with Crippen LogP contribution in [0.1, 0.15) is 17.9 Å². The van der Waals surface area contributed by atoms with Crippen molar-refractivity contribution >= 4 is 11.3 Å². The van der Waals surface area contributed by atoms with Gasteiger partial charge in [-0.1, -0.05) is 11.3 Å². The van der Waals surface area contributed by atoms with Crippen molar-refractivity contribution < 1.29 is 22.0 Å². The van der Waals surface area contributed by atoms with Gasteiger partial charge in [0.25, 0.3) is 5.89 Å². The molecule has 3 aromatic heterocycles. The van der Waals surface area contributed by atoms with Crippen LogP contribution in [0.4, 0.5) is 17.6 Å². The van der Waals surface area contributed by atoms with Gasteiger partial charge in [0.2, 0.25) is 5.89 Å². The minimum absolute atomic E-state index is 0.0251. The summed E-state index contributed by atoms with van der Waals surface area (Å²) in [6.45, 7) is 0.210. The molecule has 0 aliphatic heterocycles. The van der Waals surface area contributed by atoms with Gasteiger partial charge >= 0.3 is 6.43 Å². The molecule has 6 nitrogen and oxygen atoms in total. The number of hydrogen-bond donors (Lipinski definition) is 0. The molecule has 0 bridgehead atoms. The van der Waals surface area contributed by atoms with Gasteiger partial charge in [-0.25, -0.2) is 8.78 Å². The highest BCUT2D eigenvalue weighted by Crippen LogP contribution is 2.27. The Morgan fingerprint density at radius 2 is 1.89 bits per heavy atom. The highest BCUT2D eigenvalue weighted by molar-refractivity contribution is 7.13. The molecule has 0 atom stereocenters. The number of aryl methyl sites for hydroxylation is 1. The van der Waals surface area contributed by atoms with Gasteiger partial charge in [0.1, 0.15) is 17.3 Å². The monoisotopic (exact) mass is 409 g/mol. The Balaban J connectivity index is 1.51. The molecule has 0 aliphatic carbocycles. The lowest BCUT2D eigenvalue weighted by Gasteiger charge is -2.06. The van der Waals surface area contributed by atoms with Gasteiger partial charge in [-0.3, -0.25) is 4.68 Å². The van der Waals surface area contributed by atoms with Gasteiger partial charge in [-0.05, 0) is 30.0 Å². The highest BCUT2D eigenvalue weighted by atomic mass is 32.1. The van der Waals surface area contributed by atoms with E-state index < -0.39 is 24.0 Å². The molecule has 0 saturated heterocycles. The van der Waals surface area contributed by atoms with E-state index >= 15 is 0 Å². The van der Waals surface area contributed by atoms with Crippen molar-refractivity contribution in [1.82, 2.24) is 25.2 Å². The van der Waals surface area contributed by atoms with Gasteiger partial charge in [-0.15, -0.1) is 26.6 Å². The fourth-order valence-electron chi connectivity index (χ4n) is 2.58. The Labute approximate surface area is 159 Å². The van der Waals surface area contributed by atoms with Crippen molar-refractivity contribution in [2.75, 3.05) is 0 Å². The van der Waals surface area contributed by atoms with Gasteiger partial charge < -0.3 is 4.42 Å². The average molecular weight is 409 g/mol. The Bertz CT molecular complexity index is 1070. The maximum Gasteiger partial charge on any atom is 0.314 e. The van der Waals surface area contributed by atoms with Gasteiger partial charge in [-0.2, -0.15) is 8.78 Å². The van der Waals surface area contributed by atoms with Crippen LogP contribution in [0.2, 0.25) is 0 Å². The minimum Gasteiger partial charge on any atom is -0.415 e. The minimum atomic E-state index is -2.96. The average Bonchev–Trinajstić information content (AvgIpc) is 3.40. The molecule has 0 amide bonds. The zero-order chi connectivity index (χ0) is 19.7. The Morgan fingerprint density at radius 3 is 2.54 bits per heavy atom. The van der Waals surface area contributed by atoms with E-state index in [4.69, 9.17) is 4.42 Å². The van der Waals surface area contributed by atoms with Gasteiger partial charge in [0.05, 0.1) is 11.1 Å². The van der Waals surface area contributed by atoms with Crippen molar-refractivity contribution in [2.24, 2.45) is 0 Å². The number of halogens is 4. The summed E-state index contributed by atoms with van der Waals surface area (Å²) in [5.74, 6) is -2.97. The molecular weight excluding hydrogens is 398 g/mol. The molecule has 0 saturated carbocycles. The number of rotatable bonds is 6. The largest absolute Gasteiger partial charge is 0.415 e. The molecule has 1 aromatic carbocycles. The maximum absolute atomic E-state index is 14.4. The van der Waals surface area contributed by atoms with Gasteiger partial charge in [0, 0.05) is 17.7 Å². The van der Waals surface area contributed by atoms with E-state index in [9.17, 15) is 17.6 Å². The molecule has 4 aromatic rings. The summed E-state index contributed by atoms with van der Waals surface area (Å²) in [6.07, 6.45) is -1.24. The van der Waals surface area contributed by atoms with E-state index in [2.05, 4.69) is 20.5 Å². The lowest BCUT2D eigenvalue weighted by atomic mass is 10.1. The lowest BCUT2D eigenvalue weighted by molar-refractivity contribution is 0.116. The van der Waals surface area contributed by atoms with E-state index in [0.29, 0.717) is 5.69 Å². The number of nitrogens with zero attached hydrogens (tertiary/aromatic N) is 5. The first kappa shape index (κ1) is 18.3. The SMILES string of the molecule is Fc1cc(-c2nnc(C(F)F)o2)cc(F)c1CCn1cc(-c2cccs2)nn1. The molecule has 0 unspecified atom stereocenters. The van der Waals surface area contributed by atoms with Crippen molar-refractivity contribution in [3.05, 3.63) is 58.9 Å². The summed E-state index contributed by atoms with van der Waals surface area (Å²) >= 11 is 1.51. The number of thiophene rings is 1. The summed E-state index contributed by atoms with van der Waals surface area (Å²) in [6, 6.07) is 5.73. The molecule has 11 heteroatoms. The molecule has 28 heavy (non-hydrogen) atoms. The topological polar surface area (TPSA) is 69.6 Å². The first-order valence-corrected chi connectivity index (χ1v) is 8.93. The molecule has 0 radical (unpaired) electrons. The Kier molecular flexibility index (Phi) is 4.90. The van der Waals surface area contributed by atoms with Crippen LogP contribution < -0.4 is 0 Å². The fraction of sp³-hybridized carbons (Fsp3) is 0.176. The first-order valence-electron chi connectivity index (χ1n) is 8.05. The summed E-state index contributed by atoms with van der Waals surface area (Å²) in [5.41, 5.74) is 0.405. The molecule has 0 aliphatic rings. The van der Waals surface area contributed by atoms with Crippen LogP contribution in [0.15, 0.2) is 40.3 Å². The molecule has 0 fully saturated rings. The lowest BCUT2D eigenvalue weighted by Crippen LogP contribution is -2.06. The third-order valence-corrected chi connectivity index (χ3v) is 4.81. The molecular formula is C17H11F4N5OS. The van der Waals surface area contributed by atoms with Crippen LogP contribution >= 0.6 is 11.3 Å². The number of aromatic nitrogens is 5. The number of benzene rings is 1. The zero-order valence-electron chi connectivity index (χ0n) is 14.0. The van der Waals surface area contributed by atoms with Crippen molar-refractivity contribution in [3.63, 3.8) is 0 Å². The normalized spacial score (nSPS) is 11.5. The van der Waals surface area contributed by atoms with E-state index in [1.54, 1.807) is 6.20 Å². The maximum atomic E-state index is 14.4. The predicted octanol–water partition coefficient (Wildman–Crippen LogP) is 4.52. The molecule has 0 spiro atoms. The first-order chi connectivity index (χ1) is 13.5. The van der Waals surface area contributed by atoms with Crippen LogP contribution in [-0.4, -0.2) is 25.2 Å². The third-order valence-electron chi connectivity index (χ3n) is 3.92. The van der Waals surface area contributed by atoms with Crippen LogP contribution in [0.25, 0.3) is 22.0 Å². The zero-order valence-corrected chi connectivity index (χ0v) is 14.8. The molecule has 144 valence electrons. The van der Waals surface area contributed by atoms with Gasteiger partial charge in [0.15, 0.2) is 0 Å². The smallest absolute Gasteiger partial charge is 0.314 e. The van der Waals surface area contributed by atoms with Crippen molar-refractivity contribution in [2.45, 2.75) is 19.4 Å². The van der Waals surface area contributed by atoms with Crippen molar-refractivity contribution in [1.29, 1.82) is 0 Å². The second-order valence-electron chi connectivity index (χ2n) is 5.76. The fourth-order valence-corrected chi connectivity index (χ4v) is 3.25. The van der Waals surface area contributed by atoms with E-state index in [0.717, 1.165) is 17.0 Å². The Hall–Kier alpha value is -3.08. The van der Waals surface area contributed by atoms with Crippen molar-refractivity contribution in [3.8, 4) is 22.0 Å². The van der Waals surface area contributed by atoms with Crippen LogP contribution in [0, 0.1) is 11.6 Å². The molecule has 0 N–H and O–H groups in total. The number of alkyl halides is 2. The summed E-state index contributed by atoms with van der Waals surface area (Å²) in [4.78, 5) is 0.940. The predicted molar refractivity (Wildman–Crippen MR) is 91.6 cm³/mol. The summed E-state index contributed by atoms with van der Waals surface area (Å²) in [5, 5.41) is 16.4. The summed E-state index contributed by atoms with van der Waals surface area (Å²) in [7, 11) is 0. The van der Waals surface area contributed by atoms with Crippen LogP contribution in [-0.2, 0) is 13.0 Å². The quantitative estimate of drug-likeness (QED) is 0.438. The standard InChI is InChI=1S/C17H11F4N5OS/c18-11-6-9(16-23-24-17(27-16)15(20)21)7-12(19)10(11)3-4-26-8-13(22-25-26)14-2-1-5-28-14/h1-2,5-8,15H,3-4H2. The number of hydrogen-bond acceptors (Lipinski definition) is 6. The third kappa shape index (κ3) is 3.65. The van der Waals surface area contributed by atoms with E-state index in [1.165, 1.54) is 16.0 Å². The van der Waals surface area contributed by atoms with Crippen LogP contribution in [0.3, 0.4) is 0 Å². The Morgan fingerprint density at radius 1 is 1.11 bits per heavy atom. The highest BCUT2D eigenvalue weighted by Gasteiger charge is 2.20. The second-order valence-corrected chi connectivity index (χ2v) is 6.71. The van der Waals surface area contributed by atoms with E-state index in [-0.39, 0.29) is 30.0 Å².